The first kappa shape index (κ1) is 28.5. The Balaban J connectivity index is 1.49. The molecular formula is C30H37N3O5S. The lowest BCUT2D eigenvalue weighted by Crippen LogP contribution is -2.32. The first-order valence-electron chi connectivity index (χ1n) is 13.3. The second kappa shape index (κ2) is 11.3. The molecule has 0 bridgehead atoms. The first-order valence-corrected chi connectivity index (χ1v) is 14.1. The number of carbonyl (C=O) groups is 3. The molecule has 39 heavy (non-hydrogen) atoms. The maximum atomic E-state index is 13.2. The predicted molar refractivity (Wildman–Crippen MR) is 152 cm³/mol. The Morgan fingerprint density at radius 2 is 1.85 bits per heavy atom. The van der Waals surface area contributed by atoms with Crippen molar-refractivity contribution >= 4 is 34.2 Å². The van der Waals surface area contributed by atoms with E-state index in [1.54, 1.807) is 31.2 Å². The standard InChI is InChI=1S/C30H37N3O5S/c1-8-22(38-28(35)19-11-9-18(10-12-19)25-31-16(2)17(3)32-25)26(34)33-27-24(29(36)37-7)21-14-13-20(30(4,5)6)15-23(21)39-27/h9-12,20,22H,8,13-15H2,1-7H3,(H,31,32)(H,33,34). The fraction of sp³-hybridized carbons (Fsp3) is 0.467. The first-order chi connectivity index (χ1) is 18.4. The van der Waals surface area contributed by atoms with Crippen molar-refractivity contribution in [2.24, 2.45) is 11.3 Å². The van der Waals surface area contributed by atoms with E-state index in [1.165, 1.54) is 18.4 Å². The molecule has 9 heteroatoms. The molecule has 0 spiro atoms. The number of aryl methyl sites for hydroxylation is 2. The van der Waals surface area contributed by atoms with Crippen molar-refractivity contribution in [3.05, 3.63) is 57.2 Å². The number of nitrogens with zero attached hydrogens (tertiary/aromatic N) is 1. The highest BCUT2D eigenvalue weighted by molar-refractivity contribution is 7.17. The number of methoxy groups -OCH3 is 1. The monoisotopic (exact) mass is 551 g/mol. The van der Waals surface area contributed by atoms with Gasteiger partial charge in [-0.3, -0.25) is 4.79 Å². The molecule has 0 saturated heterocycles. The van der Waals surface area contributed by atoms with Crippen LogP contribution in [0.15, 0.2) is 24.3 Å². The Kier molecular flexibility index (Phi) is 8.30. The number of benzene rings is 1. The van der Waals surface area contributed by atoms with Crippen LogP contribution in [0.3, 0.4) is 0 Å². The molecule has 208 valence electrons. The molecule has 2 atom stereocenters. The largest absolute Gasteiger partial charge is 0.465 e. The van der Waals surface area contributed by atoms with Crippen molar-refractivity contribution in [2.75, 3.05) is 12.4 Å². The number of hydrogen-bond donors (Lipinski definition) is 2. The number of hydrogen-bond acceptors (Lipinski definition) is 7. The van der Waals surface area contributed by atoms with E-state index in [1.807, 2.05) is 13.8 Å². The highest BCUT2D eigenvalue weighted by Gasteiger charge is 2.35. The number of aromatic amines is 1. The molecule has 4 rings (SSSR count). The quantitative estimate of drug-likeness (QED) is 0.335. The van der Waals surface area contributed by atoms with Crippen molar-refractivity contribution < 1.29 is 23.9 Å². The zero-order valence-electron chi connectivity index (χ0n) is 23.7. The number of fused-ring (bicyclic) bond motifs is 1. The Morgan fingerprint density at radius 3 is 2.41 bits per heavy atom. The number of amides is 1. The van der Waals surface area contributed by atoms with Gasteiger partial charge in [0.15, 0.2) is 6.10 Å². The third-order valence-corrected chi connectivity index (χ3v) is 8.72. The maximum absolute atomic E-state index is 13.2. The number of aromatic nitrogens is 2. The summed E-state index contributed by atoms with van der Waals surface area (Å²) >= 11 is 1.42. The number of esters is 2. The maximum Gasteiger partial charge on any atom is 0.341 e. The van der Waals surface area contributed by atoms with Crippen LogP contribution in [0.25, 0.3) is 11.4 Å². The molecular weight excluding hydrogens is 514 g/mol. The molecule has 0 aliphatic heterocycles. The number of nitrogens with one attached hydrogen (secondary N) is 2. The van der Waals surface area contributed by atoms with Gasteiger partial charge in [0, 0.05) is 16.1 Å². The Morgan fingerprint density at radius 1 is 1.15 bits per heavy atom. The van der Waals surface area contributed by atoms with Gasteiger partial charge in [-0.15, -0.1) is 11.3 Å². The summed E-state index contributed by atoms with van der Waals surface area (Å²) in [4.78, 5) is 47.7. The Bertz CT molecular complexity index is 1360. The van der Waals surface area contributed by atoms with Crippen molar-refractivity contribution in [2.45, 2.75) is 73.3 Å². The second-order valence-corrected chi connectivity index (χ2v) is 12.3. The molecule has 2 aromatic heterocycles. The summed E-state index contributed by atoms with van der Waals surface area (Å²) in [6.45, 7) is 12.3. The van der Waals surface area contributed by atoms with E-state index in [2.05, 4.69) is 36.1 Å². The summed E-state index contributed by atoms with van der Waals surface area (Å²) in [5.41, 5.74) is 4.60. The average Bonchev–Trinajstić information content (AvgIpc) is 3.44. The molecule has 1 aromatic carbocycles. The van der Waals surface area contributed by atoms with Gasteiger partial charge in [-0.1, -0.05) is 39.8 Å². The van der Waals surface area contributed by atoms with E-state index in [4.69, 9.17) is 9.47 Å². The van der Waals surface area contributed by atoms with Gasteiger partial charge in [-0.25, -0.2) is 14.6 Å². The van der Waals surface area contributed by atoms with Crippen LogP contribution in [0.1, 0.15) is 83.1 Å². The van der Waals surface area contributed by atoms with Gasteiger partial charge in [0.2, 0.25) is 0 Å². The molecule has 2 heterocycles. The van der Waals surface area contributed by atoms with Gasteiger partial charge in [-0.05, 0) is 68.6 Å². The molecule has 2 unspecified atom stereocenters. The van der Waals surface area contributed by atoms with Gasteiger partial charge in [0.05, 0.1) is 23.9 Å². The lowest BCUT2D eigenvalue weighted by molar-refractivity contribution is -0.124. The molecule has 1 aliphatic rings. The fourth-order valence-corrected chi connectivity index (χ4v) is 6.21. The molecule has 1 amide bonds. The van der Waals surface area contributed by atoms with E-state index < -0.39 is 23.9 Å². The summed E-state index contributed by atoms with van der Waals surface area (Å²) in [7, 11) is 1.34. The van der Waals surface area contributed by atoms with E-state index in [9.17, 15) is 14.4 Å². The van der Waals surface area contributed by atoms with Crippen LogP contribution < -0.4 is 5.32 Å². The minimum atomic E-state index is -1.01. The summed E-state index contributed by atoms with van der Waals surface area (Å²) in [5.74, 6) is -0.329. The van der Waals surface area contributed by atoms with E-state index >= 15 is 0 Å². The highest BCUT2D eigenvalue weighted by Crippen LogP contribution is 2.44. The average molecular weight is 552 g/mol. The third-order valence-electron chi connectivity index (χ3n) is 7.55. The minimum Gasteiger partial charge on any atom is -0.465 e. The molecule has 2 N–H and O–H groups in total. The van der Waals surface area contributed by atoms with E-state index in [0.717, 1.165) is 52.5 Å². The zero-order valence-corrected chi connectivity index (χ0v) is 24.5. The van der Waals surface area contributed by atoms with E-state index in [0.29, 0.717) is 22.0 Å². The van der Waals surface area contributed by atoms with Crippen LogP contribution in [0.2, 0.25) is 0 Å². The minimum absolute atomic E-state index is 0.145. The second-order valence-electron chi connectivity index (χ2n) is 11.2. The lowest BCUT2D eigenvalue weighted by Gasteiger charge is -2.33. The van der Waals surface area contributed by atoms with Crippen LogP contribution in [-0.2, 0) is 27.1 Å². The summed E-state index contributed by atoms with van der Waals surface area (Å²) in [6, 6.07) is 6.89. The topological polar surface area (TPSA) is 110 Å². The van der Waals surface area contributed by atoms with Crippen molar-refractivity contribution in [3.63, 3.8) is 0 Å². The van der Waals surface area contributed by atoms with Gasteiger partial charge in [0.25, 0.3) is 5.91 Å². The lowest BCUT2D eigenvalue weighted by atomic mass is 9.72. The molecule has 0 saturated carbocycles. The molecule has 1 aliphatic carbocycles. The van der Waals surface area contributed by atoms with Gasteiger partial charge < -0.3 is 19.8 Å². The van der Waals surface area contributed by atoms with Crippen LogP contribution >= 0.6 is 11.3 Å². The Hall–Kier alpha value is -3.46. The third kappa shape index (κ3) is 6.08. The highest BCUT2D eigenvalue weighted by atomic mass is 32.1. The Labute approximate surface area is 233 Å². The molecule has 0 fully saturated rings. The zero-order chi connectivity index (χ0) is 28.5. The number of imidazole rings is 1. The number of thiophene rings is 1. The fourth-order valence-electron chi connectivity index (χ4n) is 4.89. The number of H-pyrrole nitrogens is 1. The normalized spacial score (nSPS) is 15.8. The van der Waals surface area contributed by atoms with Gasteiger partial charge in [0.1, 0.15) is 10.8 Å². The van der Waals surface area contributed by atoms with Crippen molar-refractivity contribution in [1.29, 1.82) is 0 Å². The van der Waals surface area contributed by atoms with Crippen LogP contribution in [0.5, 0.6) is 0 Å². The van der Waals surface area contributed by atoms with Gasteiger partial charge in [-0.2, -0.15) is 0 Å². The summed E-state index contributed by atoms with van der Waals surface area (Å²) in [5, 5.41) is 3.32. The van der Waals surface area contributed by atoms with Gasteiger partial charge >= 0.3 is 11.9 Å². The van der Waals surface area contributed by atoms with E-state index in [-0.39, 0.29) is 11.8 Å². The number of rotatable bonds is 7. The van der Waals surface area contributed by atoms with Crippen LogP contribution in [0.4, 0.5) is 5.00 Å². The van der Waals surface area contributed by atoms with Crippen molar-refractivity contribution in [1.82, 2.24) is 9.97 Å². The smallest absolute Gasteiger partial charge is 0.341 e. The predicted octanol–water partition coefficient (Wildman–Crippen LogP) is 6.27. The molecule has 3 aromatic rings. The number of ether oxygens (including phenoxy) is 2. The SMILES string of the molecule is CCC(OC(=O)c1ccc(-c2nc(C)c(C)[nH]2)cc1)C(=O)Nc1sc2c(c1C(=O)OC)CCC(C(C)(C)C)C2. The van der Waals surface area contributed by atoms with Crippen molar-refractivity contribution in [3.8, 4) is 11.4 Å². The summed E-state index contributed by atoms with van der Waals surface area (Å²) < 4.78 is 10.7. The molecule has 0 radical (unpaired) electrons. The number of carbonyl (C=O) groups excluding carboxylic acids is 3. The van der Waals surface area contributed by atoms with Crippen LogP contribution in [0, 0.1) is 25.2 Å². The van der Waals surface area contributed by atoms with Crippen LogP contribution in [-0.4, -0.2) is 41.0 Å². The molecule has 8 nitrogen and oxygen atoms in total. The summed E-state index contributed by atoms with van der Waals surface area (Å²) in [6.07, 6.45) is 1.85. The number of anilines is 1.